The molecular formula is C27H36N4O8. The molecule has 2 heterocycles. The van der Waals surface area contributed by atoms with Gasteiger partial charge in [0.25, 0.3) is 17.7 Å². The molecule has 12 heteroatoms. The van der Waals surface area contributed by atoms with Crippen LogP contribution in [0.4, 0.5) is 0 Å². The molecule has 0 aliphatic carbocycles. The molecule has 3 N–H and O–H groups in total. The Balaban J connectivity index is 1.36. The molecule has 3 rings (SSSR count). The lowest BCUT2D eigenvalue weighted by Gasteiger charge is -2.27. The van der Waals surface area contributed by atoms with Crippen LogP contribution in [-0.2, 0) is 23.9 Å². The lowest BCUT2D eigenvalue weighted by molar-refractivity contribution is -0.136. The van der Waals surface area contributed by atoms with Gasteiger partial charge < -0.3 is 20.1 Å². The fraction of sp³-hybridized carbons (Fsp3) is 0.556. The number of hydrogen-bond donors (Lipinski definition) is 3. The third-order valence-corrected chi connectivity index (χ3v) is 6.17. The van der Waals surface area contributed by atoms with Gasteiger partial charge >= 0.3 is 0 Å². The highest BCUT2D eigenvalue weighted by Crippen LogP contribution is 2.33. The van der Waals surface area contributed by atoms with E-state index in [9.17, 15) is 28.8 Å². The van der Waals surface area contributed by atoms with Gasteiger partial charge in [-0.05, 0) is 52.2 Å². The van der Waals surface area contributed by atoms with Crippen molar-refractivity contribution in [2.24, 2.45) is 0 Å². The maximum Gasteiger partial charge on any atom is 0.266 e. The van der Waals surface area contributed by atoms with E-state index in [1.807, 2.05) is 20.8 Å². The van der Waals surface area contributed by atoms with Crippen LogP contribution in [0.5, 0.6) is 5.75 Å². The zero-order valence-electron chi connectivity index (χ0n) is 22.6. The van der Waals surface area contributed by atoms with Gasteiger partial charge in [-0.1, -0.05) is 18.9 Å². The largest absolute Gasteiger partial charge is 0.483 e. The Morgan fingerprint density at radius 3 is 2.21 bits per heavy atom. The van der Waals surface area contributed by atoms with Gasteiger partial charge in [0.05, 0.1) is 16.7 Å². The molecule has 0 bridgehead atoms. The minimum absolute atomic E-state index is 0.00272. The molecule has 0 saturated carbocycles. The molecule has 0 spiro atoms. The summed E-state index contributed by atoms with van der Waals surface area (Å²) in [6.45, 7) is 6.37. The molecule has 1 saturated heterocycles. The molecule has 1 aromatic rings. The van der Waals surface area contributed by atoms with Gasteiger partial charge in [0.1, 0.15) is 18.4 Å². The summed E-state index contributed by atoms with van der Waals surface area (Å²) in [4.78, 5) is 74.4. The van der Waals surface area contributed by atoms with Crippen molar-refractivity contribution in [3.8, 4) is 5.75 Å². The number of rotatable bonds is 13. The smallest absolute Gasteiger partial charge is 0.266 e. The monoisotopic (exact) mass is 544 g/mol. The Kier molecular flexibility index (Phi) is 10.2. The first kappa shape index (κ1) is 29.8. The highest BCUT2D eigenvalue weighted by atomic mass is 16.5. The number of nitrogens with zero attached hydrogens (tertiary/aromatic N) is 1. The second-order valence-electron chi connectivity index (χ2n) is 10.4. The average molecular weight is 545 g/mol. The van der Waals surface area contributed by atoms with Crippen molar-refractivity contribution in [2.75, 3.05) is 26.3 Å². The first-order valence-corrected chi connectivity index (χ1v) is 13.1. The summed E-state index contributed by atoms with van der Waals surface area (Å²) >= 11 is 0. The highest BCUT2D eigenvalue weighted by Gasteiger charge is 2.46. The number of hydrogen-bond acceptors (Lipinski definition) is 8. The van der Waals surface area contributed by atoms with E-state index in [1.165, 1.54) is 18.2 Å². The molecule has 0 aromatic heterocycles. The molecule has 2 aliphatic heterocycles. The first-order chi connectivity index (χ1) is 18.5. The summed E-state index contributed by atoms with van der Waals surface area (Å²) in [7, 11) is 0. The van der Waals surface area contributed by atoms with E-state index in [4.69, 9.17) is 9.47 Å². The van der Waals surface area contributed by atoms with Crippen molar-refractivity contribution in [1.29, 1.82) is 0 Å². The van der Waals surface area contributed by atoms with E-state index in [0.717, 1.165) is 30.6 Å². The number of carbonyl (C=O) groups excluding carboxylic acids is 6. The molecule has 39 heavy (non-hydrogen) atoms. The minimum Gasteiger partial charge on any atom is -0.483 e. The molecule has 1 aromatic carbocycles. The number of carbonyl (C=O) groups is 6. The summed E-state index contributed by atoms with van der Waals surface area (Å²) in [6.07, 6.45) is 3.41. The maximum atomic E-state index is 13.1. The van der Waals surface area contributed by atoms with Gasteiger partial charge in [-0.2, -0.15) is 0 Å². The van der Waals surface area contributed by atoms with Crippen LogP contribution < -0.4 is 20.7 Å². The van der Waals surface area contributed by atoms with Crippen molar-refractivity contribution < 1.29 is 38.2 Å². The van der Waals surface area contributed by atoms with E-state index in [0.29, 0.717) is 13.1 Å². The molecule has 2 aliphatic rings. The fourth-order valence-corrected chi connectivity index (χ4v) is 4.19. The van der Waals surface area contributed by atoms with Crippen LogP contribution in [0.2, 0.25) is 0 Å². The van der Waals surface area contributed by atoms with Gasteiger partial charge in [-0.3, -0.25) is 39.0 Å². The predicted octanol–water partition coefficient (Wildman–Crippen LogP) is 1.07. The van der Waals surface area contributed by atoms with E-state index < -0.39 is 29.7 Å². The van der Waals surface area contributed by atoms with Crippen molar-refractivity contribution in [3.63, 3.8) is 0 Å². The fourth-order valence-electron chi connectivity index (χ4n) is 4.19. The Morgan fingerprint density at radius 2 is 1.59 bits per heavy atom. The van der Waals surface area contributed by atoms with Crippen molar-refractivity contribution >= 4 is 35.4 Å². The molecule has 1 atom stereocenters. The van der Waals surface area contributed by atoms with Crippen LogP contribution in [-0.4, -0.2) is 78.3 Å². The lowest BCUT2D eigenvalue weighted by atomic mass is 10.0. The standard InChI is InChI=1S/C27H36N4O8/c1-27(2,3)39-16-22(34)29-14-7-5-4-6-13-28-21(33)15-38-19-10-8-9-17-23(19)26(37)31(25(17)36)18-11-12-20(32)30-24(18)35/h8-10,18H,4-7,11-16H2,1-3H3,(H,28,33)(H,29,34)(H,30,32,35). The molecule has 6 amide bonds. The number of nitrogens with one attached hydrogen (secondary N) is 3. The Bertz CT molecular complexity index is 1130. The topological polar surface area (TPSA) is 160 Å². The van der Waals surface area contributed by atoms with Gasteiger partial charge in [-0.25, -0.2) is 0 Å². The molecule has 212 valence electrons. The van der Waals surface area contributed by atoms with Crippen LogP contribution in [0.25, 0.3) is 0 Å². The Morgan fingerprint density at radius 1 is 0.949 bits per heavy atom. The average Bonchev–Trinajstić information content (AvgIpc) is 3.13. The number of fused-ring (bicyclic) bond motifs is 1. The number of piperidine rings is 1. The molecule has 12 nitrogen and oxygen atoms in total. The summed E-state index contributed by atoms with van der Waals surface area (Å²) < 4.78 is 11.0. The van der Waals surface area contributed by atoms with Gasteiger partial charge in [0.15, 0.2) is 6.61 Å². The summed E-state index contributed by atoms with van der Waals surface area (Å²) in [5.41, 5.74) is -0.277. The normalized spacial score (nSPS) is 17.1. The Hall–Kier alpha value is -3.80. The minimum atomic E-state index is -1.08. The SMILES string of the molecule is CC(C)(C)OCC(=O)NCCCCCCNC(=O)COc1cccc2c1C(=O)N(C1CCC(=O)NC1=O)C2=O. The summed E-state index contributed by atoms with van der Waals surface area (Å²) in [6, 6.07) is 3.40. The van der Waals surface area contributed by atoms with E-state index in [-0.39, 0.29) is 60.3 Å². The van der Waals surface area contributed by atoms with Gasteiger partial charge in [0, 0.05) is 19.5 Å². The maximum absolute atomic E-state index is 13.1. The number of amides is 6. The van der Waals surface area contributed by atoms with E-state index in [1.54, 1.807) is 0 Å². The first-order valence-electron chi connectivity index (χ1n) is 13.1. The third kappa shape index (κ3) is 8.34. The van der Waals surface area contributed by atoms with Crippen LogP contribution >= 0.6 is 0 Å². The zero-order valence-corrected chi connectivity index (χ0v) is 22.6. The van der Waals surface area contributed by atoms with Crippen LogP contribution in [0, 0.1) is 0 Å². The van der Waals surface area contributed by atoms with Crippen molar-refractivity contribution in [2.45, 2.75) is 70.9 Å². The summed E-state index contributed by atoms with van der Waals surface area (Å²) in [5, 5.41) is 7.72. The van der Waals surface area contributed by atoms with Crippen molar-refractivity contribution in [1.82, 2.24) is 20.9 Å². The number of imide groups is 2. The second kappa shape index (κ2) is 13.3. The molecule has 0 radical (unpaired) electrons. The molecular weight excluding hydrogens is 508 g/mol. The third-order valence-electron chi connectivity index (χ3n) is 6.17. The van der Waals surface area contributed by atoms with Crippen LogP contribution in [0.15, 0.2) is 18.2 Å². The van der Waals surface area contributed by atoms with Crippen molar-refractivity contribution in [3.05, 3.63) is 29.3 Å². The lowest BCUT2D eigenvalue weighted by Crippen LogP contribution is -2.54. The second-order valence-corrected chi connectivity index (χ2v) is 10.4. The van der Waals surface area contributed by atoms with Gasteiger partial charge in [0.2, 0.25) is 17.7 Å². The number of benzene rings is 1. The molecule has 1 unspecified atom stereocenters. The van der Waals surface area contributed by atoms with Crippen LogP contribution in [0.3, 0.4) is 0 Å². The quantitative estimate of drug-likeness (QED) is 0.246. The van der Waals surface area contributed by atoms with E-state index >= 15 is 0 Å². The summed E-state index contributed by atoms with van der Waals surface area (Å²) in [5.74, 6) is -2.93. The zero-order chi connectivity index (χ0) is 28.6. The Labute approximate surface area is 227 Å². The van der Waals surface area contributed by atoms with E-state index in [2.05, 4.69) is 16.0 Å². The van der Waals surface area contributed by atoms with Gasteiger partial charge in [-0.15, -0.1) is 0 Å². The van der Waals surface area contributed by atoms with Crippen LogP contribution in [0.1, 0.15) is 80.0 Å². The predicted molar refractivity (Wildman–Crippen MR) is 139 cm³/mol. The molecule has 1 fully saturated rings. The highest BCUT2D eigenvalue weighted by molar-refractivity contribution is 6.24. The number of unbranched alkanes of at least 4 members (excludes halogenated alkanes) is 3. The number of ether oxygens (including phenoxy) is 2.